The van der Waals surface area contributed by atoms with Gasteiger partial charge < -0.3 is 11.1 Å². The fourth-order valence-electron chi connectivity index (χ4n) is 1.52. The molecule has 1 aromatic heterocycles. The Morgan fingerprint density at radius 3 is 3.00 bits per heavy atom. The van der Waals surface area contributed by atoms with Crippen LogP contribution in [0.4, 0.5) is 10.1 Å². The number of carbonyl (C=O) groups is 1. The number of hydrogen-bond donors (Lipinski definition) is 2. The van der Waals surface area contributed by atoms with Crippen molar-refractivity contribution in [1.82, 2.24) is 4.98 Å². The predicted octanol–water partition coefficient (Wildman–Crippen LogP) is 2.34. The van der Waals surface area contributed by atoms with E-state index < -0.39 is 0 Å². The zero-order valence-electron chi connectivity index (χ0n) is 10.4. The molecular weight excluding hydrogens is 265 g/mol. The highest BCUT2D eigenvalue weighted by molar-refractivity contribution is 7.09. The smallest absolute Gasteiger partial charge is 0.275 e. The molecule has 1 heterocycles. The molecule has 4 nitrogen and oxygen atoms in total. The van der Waals surface area contributed by atoms with Gasteiger partial charge in [-0.15, -0.1) is 11.3 Å². The van der Waals surface area contributed by atoms with Gasteiger partial charge in [-0.1, -0.05) is 6.07 Å². The zero-order valence-corrected chi connectivity index (χ0v) is 11.3. The summed E-state index contributed by atoms with van der Waals surface area (Å²) in [5, 5.41) is 5.11. The topological polar surface area (TPSA) is 68.0 Å². The Bertz CT molecular complexity index is 597. The number of thiazole rings is 1. The summed E-state index contributed by atoms with van der Waals surface area (Å²) in [5.74, 6) is -0.692. The molecule has 0 spiro atoms. The maximum atomic E-state index is 13.4. The number of aromatic nitrogens is 1. The summed E-state index contributed by atoms with van der Waals surface area (Å²) in [6, 6.07) is 4.57. The number of aryl methyl sites for hydroxylation is 1. The van der Waals surface area contributed by atoms with E-state index in [9.17, 15) is 9.18 Å². The van der Waals surface area contributed by atoms with E-state index in [0.717, 1.165) is 5.01 Å². The molecule has 0 radical (unpaired) electrons. The molecule has 2 rings (SSSR count). The van der Waals surface area contributed by atoms with Crippen molar-refractivity contribution in [1.29, 1.82) is 0 Å². The monoisotopic (exact) mass is 279 g/mol. The van der Waals surface area contributed by atoms with Gasteiger partial charge in [-0.05, 0) is 31.2 Å². The summed E-state index contributed by atoms with van der Waals surface area (Å²) in [6.07, 6.45) is 0.650. The molecule has 0 saturated carbocycles. The first-order valence-electron chi connectivity index (χ1n) is 5.82. The van der Waals surface area contributed by atoms with Crippen molar-refractivity contribution in [3.8, 4) is 0 Å². The lowest BCUT2D eigenvalue weighted by Gasteiger charge is -2.04. The van der Waals surface area contributed by atoms with Gasteiger partial charge in [0.2, 0.25) is 0 Å². The number of hydrogen-bond acceptors (Lipinski definition) is 4. The zero-order chi connectivity index (χ0) is 13.8. The van der Waals surface area contributed by atoms with Crippen LogP contribution in [0.15, 0.2) is 23.6 Å². The predicted molar refractivity (Wildman–Crippen MR) is 74.0 cm³/mol. The van der Waals surface area contributed by atoms with Gasteiger partial charge in [0.25, 0.3) is 5.91 Å². The van der Waals surface area contributed by atoms with Gasteiger partial charge in [0.15, 0.2) is 0 Å². The Labute approximate surface area is 114 Å². The highest BCUT2D eigenvalue weighted by atomic mass is 32.1. The van der Waals surface area contributed by atoms with Gasteiger partial charge in [0.05, 0.1) is 5.01 Å². The second-order valence-corrected chi connectivity index (χ2v) is 5.03. The first kappa shape index (κ1) is 13.6. The Morgan fingerprint density at radius 2 is 2.32 bits per heavy atom. The number of nitrogens with zero attached hydrogens (tertiary/aromatic N) is 1. The summed E-state index contributed by atoms with van der Waals surface area (Å²) >= 11 is 1.39. The lowest BCUT2D eigenvalue weighted by atomic mass is 10.2. The molecule has 6 heteroatoms. The average Bonchev–Trinajstić information content (AvgIpc) is 2.83. The van der Waals surface area contributed by atoms with Crippen molar-refractivity contribution >= 4 is 22.9 Å². The maximum absolute atomic E-state index is 13.4. The first-order chi connectivity index (χ1) is 9.10. The number of amides is 1. The van der Waals surface area contributed by atoms with Crippen LogP contribution in [0.25, 0.3) is 0 Å². The van der Waals surface area contributed by atoms with Crippen molar-refractivity contribution in [2.75, 3.05) is 11.9 Å². The molecule has 0 bridgehead atoms. The van der Waals surface area contributed by atoms with Crippen LogP contribution >= 0.6 is 11.3 Å². The number of nitrogens with one attached hydrogen (secondary N) is 1. The van der Waals surface area contributed by atoms with Crippen molar-refractivity contribution < 1.29 is 9.18 Å². The van der Waals surface area contributed by atoms with E-state index in [2.05, 4.69) is 10.3 Å². The number of anilines is 1. The minimum Gasteiger partial charge on any atom is -0.330 e. The average molecular weight is 279 g/mol. The van der Waals surface area contributed by atoms with Gasteiger partial charge >= 0.3 is 0 Å². The minimum atomic E-state index is -0.347. The van der Waals surface area contributed by atoms with Crippen LogP contribution in [-0.2, 0) is 6.42 Å². The Morgan fingerprint density at radius 1 is 1.53 bits per heavy atom. The van der Waals surface area contributed by atoms with Gasteiger partial charge in [0, 0.05) is 17.5 Å². The second kappa shape index (κ2) is 5.90. The van der Waals surface area contributed by atoms with Crippen molar-refractivity contribution in [2.24, 2.45) is 5.73 Å². The Hall–Kier alpha value is -1.79. The van der Waals surface area contributed by atoms with Crippen LogP contribution in [0.3, 0.4) is 0 Å². The molecule has 100 valence electrons. The fourth-order valence-corrected chi connectivity index (χ4v) is 2.31. The third-order valence-electron chi connectivity index (χ3n) is 2.57. The Kier molecular flexibility index (Phi) is 4.24. The van der Waals surface area contributed by atoms with E-state index >= 15 is 0 Å². The van der Waals surface area contributed by atoms with Crippen molar-refractivity contribution in [3.63, 3.8) is 0 Å². The molecule has 0 aliphatic carbocycles. The third kappa shape index (κ3) is 3.36. The highest BCUT2D eigenvalue weighted by Crippen LogP contribution is 2.16. The van der Waals surface area contributed by atoms with E-state index in [1.807, 2.05) is 0 Å². The lowest BCUT2D eigenvalue weighted by Crippen LogP contribution is -2.13. The first-order valence-corrected chi connectivity index (χ1v) is 6.70. The third-order valence-corrected chi connectivity index (χ3v) is 3.48. The molecule has 3 N–H and O–H groups in total. The van der Waals surface area contributed by atoms with Crippen LogP contribution in [0.2, 0.25) is 0 Å². The summed E-state index contributed by atoms with van der Waals surface area (Å²) in [7, 11) is 0. The Balaban J connectivity index is 2.09. The number of halogens is 1. The van der Waals surface area contributed by atoms with Crippen LogP contribution in [0, 0.1) is 12.7 Å². The van der Waals surface area contributed by atoms with Crippen LogP contribution in [0.1, 0.15) is 21.1 Å². The van der Waals surface area contributed by atoms with E-state index in [1.165, 1.54) is 17.4 Å². The summed E-state index contributed by atoms with van der Waals surface area (Å²) in [4.78, 5) is 16.1. The largest absolute Gasteiger partial charge is 0.330 e. The molecule has 1 amide bonds. The van der Waals surface area contributed by atoms with E-state index in [-0.39, 0.29) is 11.7 Å². The fraction of sp³-hybridized carbons (Fsp3) is 0.231. The van der Waals surface area contributed by atoms with Crippen molar-refractivity contribution in [3.05, 3.63) is 45.7 Å². The van der Waals surface area contributed by atoms with E-state index in [0.29, 0.717) is 29.9 Å². The SMILES string of the molecule is Cc1ccc(NC(=O)c2csc(CCN)n2)cc1F. The molecule has 19 heavy (non-hydrogen) atoms. The molecule has 0 atom stereocenters. The van der Waals surface area contributed by atoms with Gasteiger partial charge in [-0.25, -0.2) is 9.37 Å². The van der Waals surface area contributed by atoms with E-state index in [4.69, 9.17) is 5.73 Å². The standard InChI is InChI=1S/C13H14FN3OS/c1-8-2-3-9(6-10(8)14)16-13(18)11-7-19-12(17-11)4-5-15/h2-3,6-7H,4-5,15H2,1H3,(H,16,18). The molecule has 0 aliphatic heterocycles. The second-order valence-electron chi connectivity index (χ2n) is 4.08. The van der Waals surface area contributed by atoms with Gasteiger partial charge in [-0.2, -0.15) is 0 Å². The lowest BCUT2D eigenvalue weighted by molar-refractivity contribution is 0.102. The van der Waals surface area contributed by atoms with Crippen LogP contribution in [-0.4, -0.2) is 17.4 Å². The van der Waals surface area contributed by atoms with E-state index in [1.54, 1.807) is 24.4 Å². The minimum absolute atomic E-state index is 0.328. The summed E-state index contributed by atoms with van der Waals surface area (Å²) < 4.78 is 13.4. The van der Waals surface area contributed by atoms with Crippen molar-refractivity contribution in [2.45, 2.75) is 13.3 Å². The molecule has 0 aliphatic rings. The van der Waals surface area contributed by atoms with Gasteiger partial charge in [-0.3, -0.25) is 4.79 Å². The molecule has 1 aromatic carbocycles. The summed E-state index contributed by atoms with van der Waals surface area (Å²) in [5.41, 5.74) is 6.71. The van der Waals surface area contributed by atoms with Gasteiger partial charge in [0.1, 0.15) is 11.5 Å². The number of rotatable bonds is 4. The van der Waals surface area contributed by atoms with Crippen LogP contribution < -0.4 is 11.1 Å². The maximum Gasteiger partial charge on any atom is 0.275 e. The number of carbonyl (C=O) groups excluding carboxylic acids is 1. The normalized spacial score (nSPS) is 10.5. The molecule has 0 saturated heterocycles. The number of benzene rings is 1. The molecule has 0 fully saturated rings. The molecule has 0 unspecified atom stereocenters. The summed E-state index contributed by atoms with van der Waals surface area (Å²) in [6.45, 7) is 2.16. The van der Waals surface area contributed by atoms with Crippen LogP contribution in [0.5, 0.6) is 0 Å². The molecule has 2 aromatic rings. The highest BCUT2D eigenvalue weighted by Gasteiger charge is 2.11. The molecular formula is C13H14FN3OS. The quantitative estimate of drug-likeness (QED) is 0.902. The number of nitrogens with two attached hydrogens (primary N) is 1.